The van der Waals surface area contributed by atoms with Gasteiger partial charge in [0.05, 0.1) is 18.4 Å². The van der Waals surface area contributed by atoms with Crippen LogP contribution in [0.5, 0.6) is 5.88 Å². The molecule has 1 fully saturated rings. The van der Waals surface area contributed by atoms with E-state index < -0.39 is 11.9 Å². The molecular formula is C17H20N4O4S. The molecular weight excluding hydrogens is 356 g/mol. The van der Waals surface area contributed by atoms with Gasteiger partial charge in [-0.15, -0.1) is 0 Å². The Morgan fingerprint density at radius 1 is 1.38 bits per heavy atom. The molecule has 0 aliphatic carbocycles. The fourth-order valence-electron chi connectivity index (χ4n) is 2.48. The fourth-order valence-corrected chi connectivity index (χ4v) is 3.58. The average molecular weight is 376 g/mol. The number of ether oxygens (including phenoxy) is 2. The first-order chi connectivity index (χ1) is 12.6. The third-order valence-electron chi connectivity index (χ3n) is 3.84. The first kappa shape index (κ1) is 18.2. The highest BCUT2D eigenvalue weighted by atomic mass is 32.2. The predicted molar refractivity (Wildman–Crippen MR) is 97.7 cm³/mol. The topological polar surface area (TPSA) is 95.3 Å². The predicted octanol–water partition coefficient (Wildman–Crippen LogP) is 2.13. The molecule has 0 spiro atoms. The molecule has 8 nitrogen and oxygen atoms in total. The van der Waals surface area contributed by atoms with Gasteiger partial charge in [-0.1, -0.05) is 0 Å². The van der Waals surface area contributed by atoms with Gasteiger partial charge in [0.15, 0.2) is 0 Å². The molecule has 138 valence electrons. The zero-order valence-electron chi connectivity index (χ0n) is 14.6. The van der Waals surface area contributed by atoms with Crippen molar-refractivity contribution >= 4 is 29.5 Å². The summed E-state index contributed by atoms with van der Waals surface area (Å²) in [5, 5.41) is 6.69. The van der Waals surface area contributed by atoms with Gasteiger partial charge in [0.25, 0.3) is 5.91 Å². The number of carbonyl (C=O) groups is 2. The Balaban J connectivity index is 1.68. The van der Waals surface area contributed by atoms with Crippen LogP contribution in [0.4, 0.5) is 5.82 Å². The third kappa shape index (κ3) is 4.16. The van der Waals surface area contributed by atoms with Crippen LogP contribution in [0.15, 0.2) is 24.5 Å². The number of anilines is 1. The second-order valence-electron chi connectivity index (χ2n) is 5.69. The molecule has 0 bridgehead atoms. The molecule has 0 saturated carbocycles. The lowest BCUT2D eigenvalue weighted by Gasteiger charge is -2.12. The molecule has 1 unspecified atom stereocenters. The molecule has 26 heavy (non-hydrogen) atoms. The summed E-state index contributed by atoms with van der Waals surface area (Å²) >= 11 is 1.86. The first-order valence-corrected chi connectivity index (χ1v) is 9.45. The highest BCUT2D eigenvalue weighted by Gasteiger charge is 2.21. The van der Waals surface area contributed by atoms with Gasteiger partial charge < -0.3 is 14.8 Å². The van der Waals surface area contributed by atoms with Gasteiger partial charge in [-0.2, -0.15) is 16.9 Å². The maximum Gasteiger partial charge on any atom is 0.343 e. The Kier molecular flexibility index (Phi) is 5.77. The van der Waals surface area contributed by atoms with Crippen molar-refractivity contribution in [2.45, 2.75) is 19.4 Å². The third-order valence-corrected chi connectivity index (χ3v) is 4.97. The minimum Gasteiger partial charge on any atom is -0.473 e. The van der Waals surface area contributed by atoms with Crippen LogP contribution in [0.1, 0.15) is 34.1 Å². The molecule has 1 aliphatic heterocycles. The summed E-state index contributed by atoms with van der Waals surface area (Å²) in [4.78, 5) is 28.6. The number of thioether (sulfide) groups is 1. The van der Waals surface area contributed by atoms with E-state index in [2.05, 4.69) is 15.4 Å². The number of aryl methyl sites for hydroxylation is 1. The van der Waals surface area contributed by atoms with E-state index in [0.717, 1.165) is 17.9 Å². The second kappa shape index (κ2) is 8.22. The highest BCUT2D eigenvalue weighted by Crippen LogP contribution is 2.22. The van der Waals surface area contributed by atoms with Gasteiger partial charge in [-0.3, -0.25) is 9.48 Å². The summed E-state index contributed by atoms with van der Waals surface area (Å²) in [5.74, 6) is 1.90. The first-order valence-electron chi connectivity index (χ1n) is 8.29. The van der Waals surface area contributed by atoms with E-state index in [-0.39, 0.29) is 24.1 Å². The van der Waals surface area contributed by atoms with Crippen LogP contribution in [0.2, 0.25) is 0 Å². The molecule has 1 saturated heterocycles. The number of amides is 1. The van der Waals surface area contributed by atoms with Crippen LogP contribution in [0.25, 0.3) is 0 Å². The minimum atomic E-state index is -0.535. The van der Waals surface area contributed by atoms with E-state index in [0.29, 0.717) is 11.4 Å². The van der Waals surface area contributed by atoms with Crippen LogP contribution < -0.4 is 10.1 Å². The monoisotopic (exact) mass is 376 g/mol. The van der Waals surface area contributed by atoms with Crippen molar-refractivity contribution in [1.29, 1.82) is 0 Å². The number of esters is 1. The van der Waals surface area contributed by atoms with E-state index in [1.807, 2.05) is 11.8 Å². The van der Waals surface area contributed by atoms with Gasteiger partial charge in [0.2, 0.25) is 5.88 Å². The largest absolute Gasteiger partial charge is 0.473 e. The number of aromatic nitrogens is 3. The molecule has 1 amide bonds. The summed E-state index contributed by atoms with van der Waals surface area (Å²) in [6.07, 6.45) is 4.00. The van der Waals surface area contributed by atoms with Crippen LogP contribution in [-0.2, 0) is 11.8 Å². The van der Waals surface area contributed by atoms with E-state index in [1.165, 1.54) is 17.1 Å². The van der Waals surface area contributed by atoms with Crippen molar-refractivity contribution in [3.05, 3.63) is 35.7 Å². The zero-order valence-corrected chi connectivity index (χ0v) is 15.4. The Morgan fingerprint density at radius 2 is 2.23 bits per heavy atom. The van der Waals surface area contributed by atoms with Gasteiger partial charge in [-0.25, -0.2) is 9.78 Å². The van der Waals surface area contributed by atoms with Gasteiger partial charge in [0, 0.05) is 25.1 Å². The van der Waals surface area contributed by atoms with Crippen LogP contribution in [0.3, 0.4) is 0 Å². The lowest BCUT2D eigenvalue weighted by molar-refractivity contribution is 0.0527. The SMILES string of the molecule is CCOC(=O)c1cnn(C)c1NC(=O)c1ccc(OC2CCSC2)nc1. The number of pyridine rings is 1. The lowest BCUT2D eigenvalue weighted by atomic mass is 10.2. The molecule has 2 aromatic heterocycles. The van der Waals surface area contributed by atoms with Crippen molar-refractivity contribution in [3.8, 4) is 5.88 Å². The van der Waals surface area contributed by atoms with Crippen molar-refractivity contribution in [1.82, 2.24) is 14.8 Å². The molecule has 9 heteroatoms. The number of hydrogen-bond acceptors (Lipinski definition) is 7. The number of hydrogen-bond donors (Lipinski definition) is 1. The quantitative estimate of drug-likeness (QED) is 0.772. The minimum absolute atomic E-state index is 0.175. The number of nitrogens with one attached hydrogen (secondary N) is 1. The fraction of sp³-hybridized carbons (Fsp3) is 0.412. The molecule has 1 N–H and O–H groups in total. The molecule has 0 aromatic carbocycles. The van der Waals surface area contributed by atoms with Crippen LogP contribution in [0, 0.1) is 0 Å². The van der Waals surface area contributed by atoms with Crippen LogP contribution in [-0.4, -0.2) is 50.9 Å². The Labute approximate surface area is 155 Å². The van der Waals surface area contributed by atoms with Gasteiger partial charge >= 0.3 is 5.97 Å². The number of carbonyl (C=O) groups excluding carboxylic acids is 2. The Morgan fingerprint density at radius 3 is 2.88 bits per heavy atom. The average Bonchev–Trinajstić information content (AvgIpc) is 3.26. The maximum absolute atomic E-state index is 12.5. The zero-order chi connectivity index (χ0) is 18.5. The van der Waals surface area contributed by atoms with E-state index in [9.17, 15) is 9.59 Å². The lowest BCUT2D eigenvalue weighted by Crippen LogP contribution is -2.18. The highest BCUT2D eigenvalue weighted by molar-refractivity contribution is 7.99. The van der Waals surface area contributed by atoms with Gasteiger partial charge in [0.1, 0.15) is 17.5 Å². The summed E-state index contributed by atoms with van der Waals surface area (Å²) in [7, 11) is 1.63. The normalized spacial score (nSPS) is 16.3. The standard InChI is InChI=1S/C17H20N4O4S/c1-3-24-17(23)13-9-19-21(2)15(13)20-16(22)11-4-5-14(18-8-11)25-12-6-7-26-10-12/h4-5,8-9,12H,3,6-7,10H2,1-2H3,(H,20,22). The van der Waals surface area contributed by atoms with E-state index >= 15 is 0 Å². The number of nitrogens with zero attached hydrogens (tertiary/aromatic N) is 3. The molecule has 0 radical (unpaired) electrons. The van der Waals surface area contributed by atoms with Crippen molar-refractivity contribution in [3.63, 3.8) is 0 Å². The summed E-state index contributed by atoms with van der Waals surface area (Å²) < 4.78 is 12.2. The molecule has 1 atom stereocenters. The molecule has 3 heterocycles. The van der Waals surface area contributed by atoms with E-state index in [1.54, 1.807) is 26.1 Å². The Bertz CT molecular complexity index is 785. The second-order valence-corrected chi connectivity index (χ2v) is 6.84. The van der Waals surface area contributed by atoms with Crippen molar-refractivity contribution < 1.29 is 19.1 Å². The molecule has 3 rings (SSSR count). The summed E-state index contributed by atoms with van der Waals surface area (Å²) in [5.41, 5.74) is 0.559. The maximum atomic E-state index is 12.5. The molecule has 2 aromatic rings. The summed E-state index contributed by atoms with van der Waals surface area (Å²) in [6.45, 7) is 1.96. The van der Waals surface area contributed by atoms with Crippen molar-refractivity contribution in [2.24, 2.45) is 7.05 Å². The Hall–Kier alpha value is -2.55. The van der Waals surface area contributed by atoms with Crippen LogP contribution >= 0.6 is 11.8 Å². The smallest absolute Gasteiger partial charge is 0.343 e. The van der Waals surface area contributed by atoms with Gasteiger partial charge in [-0.05, 0) is 25.2 Å². The summed E-state index contributed by atoms with van der Waals surface area (Å²) in [6, 6.07) is 3.31. The number of rotatable bonds is 6. The van der Waals surface area contributed by atoms with Crippen molar-refractivity contribution in [2.75, 3.05) is 23.4 Å². The molecule has 1 aliphatic rings. The van der Waals surface area contributed by atoms with E-state index in [4.69, 9.17) is 9.47 Å².